The van der Waals surface area contributed by atoms with E-state index in [0.29, 0.717) is 11.7 Å². The molecule has 1 N–H and O–H groups in total. The Bertz CT molecular complexity index is 955. The number of hydrogen-bond acceptors (Lipinski definition) is 6. The molecule has 1 aliphatic rings. The smallest absolute Gasteiger partial charge is 0.140 e. The lowest BCUT2D eigenvalue weighted by atomic mass is 10.1. The molecule has 1 atom stereocenters. The van der Waals surface area contributed by atoms with Gasteiger partial charge in [-0.25, -0.2) is 15.0 Å². The van der Waals surface area contributed by atoms with Crippen molar-refractivity contribution >= 4 is 11.5 Å². The van der Waals surface area contributed by atoms with Crippen LogP contribution in [0.3, 0.4) is 0 Å². The number of likely N-dealkylation sites (tertiary alicyclic amines) is 1. The van der Waals surface area contributed by atoms with Crippen LogP contribution in [0.5, 0.6) is 0 Å². The molecule has 136 valence electrons. The molecule has 1 fully saturated rings. The number of aromatic nitrogens is 4. The number of nitrogens with zero attached hydrogens (tertiary/aromatic N) is 6. The predicted molar refractivity (Wildman–Crippen MR) is 102 cm³/mol. The Morgan fingerprint density at radius 3 is 2.93 bits per heavy atom. The molecule has 7 heteroatoms. The van der Waals surface area contributed by atoms with Crippen molar-refractivity contribution in [3.05, 3.63) is 66.1 Å². The first kappa shape index (κ1) is 17.2. The van der Waals surface area contributed by atoms with Crippen LogP contribution >= 0.6 is 0 Å². The normalized spacial score (nSPS) is 17.0. The molecule has 0 bridgehead atoms. The largest absolute Gasteiger partial charge is 0.340 e. The Kier molecular flexibility index (Phi) is 4.81. The van der Waals surface area contributed by atoms with Gasteiger partial charge < -0.3 is 9.88 Å². The van der Waals surface area contributed by atoms with E-state index in [2.05, 4.69) is 32.4 Å². The summed E-state index contributed by atoms with van der Waals surface area (Å²) in [5.41, 5.74) is 3.37. The highest BCUT2D eigenvalue weighted by atomic mass is 15.2. The fraction of sp³-hybridized carbons (Fsp3) is 0.300. The quantitative estimate of drug-likeness (QED) is 0.753. The highest BCUT2D eigenvalue weighted by molar-refractivity contribution is 5.55. The fourth-order valence-electron chi connectivity index (χ4n) is 3.50. The van der Waals surface area contributed by atoms with Gasteiger partial charge >= 0.3 is 0 Å². The maximum atomic E-state index is 8.85. The van der Waals surface area contributed by atoms with E-state index in [1.807, 2.05) is 42.2 Å². The molecule has 1 aliphatic heterocycles. The fourth-order valence-corrected chi connectivity index (χ4v) is 3.50. The minimum Gasteiger partial charge on any atom is -0.340 e. The number of nitriles is 1. The van der Waals surface area contributed by atoms with Crippen molar-refractivity contribution in [3.8, 4) is 6.07 Å². The average molecular weight is 359 g/mol. The van der Waals surface area contributed by atoms with Crippen LogP contribution in [0.25, 0.3) is 0 Å². The van der Waals surface area contributed by atoms with Gasteiger partial charge in [-0.05, 0) is 43.7 Å². The Labute approximate surface area is 158 Å². The van der Waals surface area contributed by atoms with Crippen molar-refractivity contribution in [2.75, 3.05) is 11.9 Å². The molecule has 4 heterocycles. The summed E-state index contributed by atoms with van der Waals surface area (Å²) >= 11 is 0. The predicted octanol–water partition coefficient (Wildman–Crippen LogP) is 3.16. The van der Waals surface area contributed by atoms with Gasteiger partial charge in [0.1, 0.15) is 17.6 Å². The molecular formula is C20H21N7. The second kappa shape index (κ2) is 7.56. The van der Waals surface area contributed by atoms with Crippen molar-refractivity contribution in [2.24, 2.45) is 7.05 Å². The van der Waals surface area contributed by atoms with E-state index in [1.165, 1.54) is 0 Å². The number of rotatable bonds is 5. The molecule has 0 aromatic carbocycles. The zero-order valence-corrected chi connectivity index (χ0v) is 15.2. The lowest BCUT2D eigenvalue weighted by Crippen LogP contribution is -2.23. The van der Waals surface area contributed by atoms with Gasteiger partial charge in [0.05, 0.1) is 35.6 Å². The molecule has 3 aromatic heterocycles. The van der Waals surface area contributed by atoms with E-state index in [4.69, 9.17) is 10.2 Å². The summed E-state index contributed by atoms with van der Waals surface area (Å²) < 4.78 is 1.98. The number of aryl methyl sites for hydroxylation is 1. The number of nitrogens with one attached hydrogen (secondary N) is 1. The van der Waals surface area contributed by atoms with Gasteiger partial charge in [-0.2, -0.15) is 5.26 Å². The highest BCUT2D eigenvalue weighted by Gasteiger charge is 2.27. The van der Waals surface area contributed by atoms with Crippen molar-refractivity contribution < 1.29 is 0 Å². The van der Waals surface area contributed by atoms with Crippen LogP contribution in [0.1, 0.15) is 36.0 Å². The Balaban J connectivity index is 1.49. The van der Waals surface area contributed by atoms with Crippen molar-refractivity contribution in [1.82, 2.24) is 24.4 Å². The topological polar surface area (TPSA) is 82.7 Å². The van der Waals surface area contributed by atoms with Crippen molar-refractivity contribution in [2.45, 2.75) is 25.4 Å². The minimum atomic E-state index is 0.299. The van der Waals surface area contributed by atoms with Gasteiger partial charge in [0, 0.05) is 19.8 Å². The highest BCUT2D eigenvalue weighted by Crippen LogP contribution is 2.32. The zero-order chi connectivity index (χ0) is 18.6. The first-order valence-corrected chi connectivity index (χ1v) is 9.02. The van der Waals surface area contributed by atoms with Gasteiger partial charge in [-0.15, -0.1) is 0 Å². The van der Waals surface area contributed by atoms with Crippen molar-refractivity contribution in [1.29, 1.82) is 5.26 Å². The van der Waals surface area contributed by atoms with E-state index in [9.17, 15) is 0 Å². The summed E-state index contributed by atoms with van der Waals surface area (Å²) in [7, 11) is 1.99. The van der Waals surface area contributed by atoms with Crippen LogP contribution in [0.4, 0.5) is 11.5 Å². The summed E-state index contributed by atoms with van der Waals surface area (Å²) in [6, 6.07) is 11.9. The molecule has 0 radical (unpaired) electrons. The van der Waals surface area contributed by atoms with Gasteiger partial charge in [0.25, 0.3) is 0 Å². The molecular weight excluding hydrogens is 338 g/mol. The molecule has 0 amide bonds. The SMILES string of the molecule is Cn1cnc(CN2CCCC2c2cccc(Nc3ccc(C#N)nc3)n2)c1. The molecule has 7 nitrogen and oxygen atoms in total. The third-order valence-corrected chi connectivity index (χ3v) is 4.75. The lowest BCUT2D eigenvalue weighted by Gasteiger charge is -2.23. The summed E-state index contributed by atoms with van der Waals surface area (Å²) in [4.78, 5) is 15.8. The summed E-state index contributed by atoms with van der Waals surface area (Å²) in [6.45, 7) is 1.89. The van der Waals surface area contributed by atoms with Crippen LogP contribution in [0.15, 0.2) is 49.1 Å². The van der Waals surface area contributed by atoms with Crippen LogP contribution in [-0.2, 0) is 13.6 Å². The van der Waals surface area contributed by atoms with Crippen molar-refractivity contribution in [3.63, 3.8) is 0 Å². The standard InChI is InChI=1S/C20H21N7/c1-26-12-17(23-14-26)13-27-9-3-5-19(27)18-4-2-6-20(25-18)24-16-8-7-15(10-21)22-11-16/h2,4,6-8,11-12,14,19H,3,5,9,13H2,1H3,(H,24,25). The number of anilines is 2. The van der Waals surface area contributed by atoms with E-state index >= 15 is 0 Å². The molecule has 4 rings (SSSR count). The molecule has 0 aliphatic carbocycles. The monoisotopic (exact) mass is 359 g/mol. The lowest BCUT2D eigenvalue weighted by molar-refractivity contribution is 0.242. The van der Waals surface area contributed by atoms with E-state index in [0.717, 1.165) is 48.8 Å². The first-order valence-electron chi connectivity index (χ1n) is 9.02. The average Bonchev–Trinajstić information content (AvgIpc) is 3.32. The van der Waals surface area contributed by atoms with Gasteiger partial charge in [-0.3, -0.25) is 4.90 Å². The summed E-state index contributed by atoms with van der Waals surface area (Å²) in [5.74, 6) is 0.781. The number of imidazole rings is 1. The van der Waals surface area contributed by atoms with Gasteiger partial charge in [0.2, 0.25) is 0 Å². The second-order valence-electron chi connectivity index (χ2n) is 6.78. The summed E-state index contributed by atoms with van der Waals surface area (Å²) in [6.07, 6.45) is 7.82. The number of hydrogen-bond donors (Lipinski definition) is 1. The molecule has 0 saturated carbocycles. The van der Waals surface area contributed by atoms with E-state index in [1.54, 1.807) is 12.3 Å². The molecule has 27 heavy (non-hydrogen) atoms. The molecule has 3 aromatic rings. The Morgan fingerprint density at radius 2 is 2.19 bits per heavy atom. The summed E-state index contributed by atoms with van der Waals surface area (Å²) in [5, 5.41) is 12.1. The van der Waals surface area contributed by atoms with Crippen LogP contribution in [0, 0.1) is 11.3 Å². The Morgan fingerprint density at radius 1 is 1.26 bits per heavy atom. The third-order valence-electron chi connectivity index (χ3n) is 4.75. The molecule has 1 unspecified atom stereocenters. The first-order chi connectivity index (χ1) is 13.2. The Hall–Kier alpha value is -3.24. The minimum absolute atomic E-state index is 0.299. The third kappa shape index (κ3) is 3.96. The molecule has 0 spiro atoms. The maximum absolute atomic E-state index is 8.85. The molecule has 1 saturated heterocycles. The van der Waals surface area contributed by atoms with Crippen LogP contribution in [-0.4, -0.2) is 31.0 Å². The zero-order valence-electron chi connectivity index (χ0n) is 15.2. The number of pyridine rings is 2. The van der Waals surface area contributed by atoms with E-state index in [-0.39, 0.29) is 0 Å². The van der Waals surface area contributed by atoms with Gasteiger partial charge in [-0.1, -0.05) is 6.07 Å². The maximum Gasteiger partial charge on any atom is 0.140 e. The van der Waals surface area contributed by atoms with Crippen LogP contribution in [0.2, 0.25) is 0 Å². The van der Waals surface area contributed by atoms with E-state index < -0.39 is 0 Å². The second-order valence-corrected chi connectivity index (χ2v) is 6.78. The van der Waals surface area contributed by atoms with Gasteiger partial charge in [0.15, 0.2) is 0 Å². The van der Waals surface area contributed by atoms with Crippen LogP contribution < -0.4 is 5.32 Å².